The molecule has 1 aromatic rings. The summed E-state index contributed by atoms with van der Waals surface area (Å²) >= 11 is 4.96. The Morgan fingerprint density at radius 1 is 1.50 bits per heavy atom. The quantitative estimate of drug-likeness (QED) is 0.532. The predicted molar refractivity (Wildman–Crippen MR) is 54.6 cm³/mol. The van der Waals surface area contributed by atoms with Gasteiger partial charge in [0.25, 0.3) is 0 Å². The van der Waals surface area contributed by atoms with Gasteiger partial charge < -0.3 is 9.97 Å². The average Bonchev–Trinajstić information content (AvgIpc) is 2.30. The highest BCUT2D eigenvalue weighted by Crippen LogP contribution is 2.14. The van der Waals surface area contributed by atoms with E-state index in [4.69, 9.17) is 12.2 Å². The van der Waals surface area contributed by atoms with E-state index in [9.17, 15) is 0 Å². The van der Waals surface area contributed by atoms with Crippen molar-refractivity contribution < 1.29 is 0 Å². The van der Waals surface area contributed by atoms with E-state index in [0.29, 0.717) is 4.77 Å². The summed E-state index contributed by atoms with van der Waals surface area (Å²) in [6.45, 7) is 7.64. The SMILES string of the molecule is C=C/C=C(/C)c1[nH]c(=S)[nH]c1C. The van der Waals surface area contributed by atoms with Gasteiger partial charge >= 0.3 is 0 Å². The van der Waals surface area contributed by atoms with Crippen LogP contribution in [0.4, 0.5) is 0 Å². The highest BCUT2D eigenvalue weighted by molar-refractivity contribution is 7.71. The van der Waals surface area contributed by atoms with Crippen LogP contribution in [0.1, 0.15) is 18.3 Å². The number of H-pyrrole nitrogens is 2. The normalized spacial score (nSPS) is 11.7. The first-order valence-corrected chi connectivity index (χ1v) is 4.14. The van der Waals surface area contributed by atoms with Gasteiger partial charge in [-0.3, -0.25) is 0 Å². The molecule has 0 atom stereocenters. The summed E-state index contributed by atoms with van der Waals surface area (Å²) in [4.78, 5) is 6.10. The van der Waals surface area contributed by atoms with E-state index >= 15 is 0 Å². The zero-order valence-electron chi connectivity index (χ0n) is 7.27. The number of imidazole rings is 1. The maximum Gasteiger partial charge on any atom is 0.175 e. The van der Waals surface area contributed by atoms with Crippen LogP contribution in [0, 0.1) is 11.7 Å². The third-order valence-electron chi connectivity index (χ3n) is 1.68. The molecule has 0 aliphatic carbocycles. The van der Waals surface area contributed by atoms with Crippen LogP contribution in [0.15, 0.2) is 18.7 Å². The second-order valence-electron chi connectivity index (χ2n) is 2.66. The number of rotatable bonds is 2. The summed E-state index contributed by atoms with van der Waals surface area (Å²) in [5.74, 6) is 0. The zero-order valence-corrected chi connectivity index (χ0v) is 8.09. The molecule has 0 unspecified atom stereocenters. The first-order chi connectivity index (χ1) is 5.65. The van der Waals surface area contributed by atoms with Gasteiger partial charge in [-0.05, 0) is 31.6 Å². The molecule has 3 heteroatoms. The Hall–Kier alpha value is -1.09. The Labute approximate surface area is 77.0 Å². The van der Waals surface area contributed by atoms with Gasteiger partial charge in [0, 0.05) is 5.69 Å². The molecule has 1 rings (SSSR count). The Balaban J connectivity index is 3.18. The van der Waals surface area contributed by atoms with E-state index in [0.717, 1.165) is 17.0 Å². The molecule has 0 radical (unpaired) electrons. The number of hydrogen-bond acceptors (Lipinski definition) is 1. The molecule has 0 spiro atoms. The number of hydrogen-bond donors (Lipinski definition) is 2. The third-order valence-corrected chi connectivity index (χ3v) is 1.88. The minimum absolute atomic E-state index is 0.666. The molecule has 0 aliphatic heterocycles. The van der Waals surface area contributed by atoms with Crippen molar-refractivity contribution in [2.45, 2.75) is 13.8 Å². The summed E-state index contributed by atoms with van der Waals surface area (Å²) in [7, 11) is 0. The molecule has 0 amide bonds. The van der Waals surface area contributed by atoms with Gasteiger partial charge in [-0.2, -0.15) is 0 Å². The molecule has 0 aromatic carbocycles. The minimum Gasteiger partial charge on any atom is -0.334 e. The lowest BCUT2D eigenvalue weighted by atomic mass is 10.2. The number of allylic oxidation sites excluding steroid dienone is 3. The maximum atomic E-state index is 4.96. The Morgan fingerprint density at radius 3 is 2.58 bits per heavy atom. The van der Waals surface area contributed by atoms with Crippen molar-refractivity contribution in [1.82, 2.24) is 9.97 Å². The second-order valence-corrected chi connectivity index (χ2v) is 3.07. The third kappa shape index (κ3) is 1.74. The average molecular weight is 180 g/mol. The predicted octanol–water partition coefficient (Wildman–Crippen LogP) is 2.97. The van der Waals surface area contributed by atoms with Crippen molar-refractivity contribution >= 4 is 17.8 Å². The topological polar surface area (TPSA) is 31.6 Å². The second kappa shape index (κ2) is 3.54. The largest absolute Gasteiger partial charge is 0.334 e. The molecule has 0 saturated carbocycles. The van der Waals surface area contributed by atoms with Crippen LogP contribution in [0.5, 0.6) is 0 Å². The smallest absolute Gasteiger partial charge is 0.175 e. The van der Waals surface area contributed by atoms with E-state index in [2.05, 4.69) is 16.5 Å². The molecule has 12 heavy (non-hydrogen) atoms. The summed E-state index contributed by atoms with van der Waals surface area (Å²) < 4.78 is 0.666. The van der Waals surface area contributed by atoms with Crippen LogP contribution in [0.25, 0.3) is 5.57 Å². The summed E-state index contributed by atoms with van der Waals surface area (Å²) in [5, 5.41) is 0. The molecule has 0 aliphatic rings. The van der Waals surface area contributed by atoms with E-state index in [1.54, 1.807) is 6.08 Å². The first kappa shape index (κ1) is 9.00. The van der Waals surface area contributed by atoms with Gasteiger partial charge in [0.15, 0.2) is 4.77 Å². The molecular weight excluding hydrogens is 168 g/mol. The Bertz CT molecular complexity index is 368. The molecule has 1 aromatic heterocycles. The fraction of sp³-hybridized carbons (Fsp3) is 0.222. The van der Waals surface area contributed by atoms with Crippen LogP contribution in [-0.4, -0.2) is 9.97 Å². The van der Waals surface area contributed by atoms with Gasteiger partial charge in [0.1, 0.15) is 0 Å². The lowest BCUT2D eigenvalue weighted by molar-refractivity contribution is 1.22. The summed E-state index contributed by atoms with van der Waals surface area (Å²) in [5.41, 5.74) is 3.25. The molecule has 1 heterocycles. The van der Waals surface area contributed by atoms with Crippen molar-refractivity contribution in [1.29, 1.82) is 0 Å². The van der Waals surface area contributed by atoms with E-state index in [1.165, 1.54) is 0 Å². The van der Waals surface area contributed by atoms with Crippen LogP contribution >= 0.6 is 12.2 Å². The molecule has 2 N–H and O–H groups in total. The fourth-order valence-corrected chi connectivity index (χ4v) is 1.38. The lowest BCUT2D eigenvalue weighted by Crippen LogP contribution is -1.82. The van der Waals surface area contributed by atoms with E-state index in [1.807, 2.05) is 19.9 Å². The number of nitrogens with one attached hydrogen (secondary N) is 2. The lowest BCUT2D eigenvalue weighted by Gasteiger charge is -1.96. The van der Waals surface area contributed by atoms with Gasteiger partial charge in [-0.15, -0.1) is 0 Å². The molecule has 0 saturated heterocycles. The highest BCUT2D eigenvalue weighted by Gasteiger charge is 2.00. The fourth-order valence-electron chi connectivity index (χ4n) is 1.13. The van der Waals surface area contributed by atoms with Gasteiger partial charge in [-0.1, -0.05) is 18.7 Å². The van der Waals surface area contributed by atoms with E-state index in [-0.39, 0.29) is 0 Å². The van der Waals surface area contributed by atoms with Crippen molar-refractivity contribution in [2.24, 2.45) is 0 Å². The summed E-state index contributed by atoms with van der Waals surface area (Å²) in [6, 6.07) is 0. The van der Waals surface area contributed by atoms with Gasteiger partial charge in [0.2, 0.25) is 0 Å². The number of aromatic nitrogens is 2. The molecule has 0 fully saturated rings. The van der Waals surface area contributed by atoms with Crippen molar-refractivity contribution in [2.75, 3.05) is 0 Å². The number of aromatic amines is 2. The molecule has 64 valence electrons. The Kier molecular flexibility index (Phi) is 2.65. The molecular formula is C9H12N2S. The van der Waals surface area contributed by atoms with Crippen molar-refractivity contribution in [3.05, 3.63) is 34.9 Å². The van der Waals surface area contributed by atoms with E-state index < -0.39 is 0 Å². The standard InChI is InChI=1S/C9H12N2S/c1-4-5-6(2)8-7(3)10-9(12)11-8/h4-5H,1H2,2-3H3,(H2,10,11,12)/b6-5-. The van der Waals surface area contributed by atoms with Gasteiger partial charge in [0.05, 0.1) is 5.69 Å². The Morgan fingerprint density at radius 2 is 2.17 bits per heavy atom. The van der Waals surface area contributed by atoms with Crippen LogP contribution in [0.3, 0.4) is 0 Å². The molecule has 2 nitrogen and oxygen atoms in total. The van der Waals surface area contributed by atoms with Crippen LogP contribution < -0.4 is 0 Å². The maximum absolute atomic E-state index is 4.96. The monoisotopic (exact) mass is 180 g/mol. The first-order valence-electron chi connectivity index (χ1n) is 3.73. The van der Waals surface area contributed by atoms with Gasteiger partial charge in [-0.25, -0.2) is 0 Å². The summed E-state index contributed by atoms with van der Waals surface area (Å²) in [6.07, 6.45) is 3.71. The van der Waals surface area contributed by atoms with Crippen molar-refractivity contribution in [3.8, 4) is 0 Å². The highest BCUT2D eigenvalue weighted by atomic mass is 32.1. The minimum atomic E-state index is 0.666. The van der Waals surface area contributed by atoms with Crippen molar-refractivity contribution in [3.63, 3.8) is 0 Å². The number of aryl methyl sites for hydroxylation is 1. The molecule has 0 bridgehead atoms. The zero-order chi connectivity index (χ0) is 9.14. The van der Waals surface area contributed by atoms with Crippen LogP contribution in [-0.2, 0) is 0 Å². The van der Waals surface area contributed by atoms with Crippen LogP contribution in [0.2, 0.25) is 0 Å².